The van der Waals surface area contributed by atoms with Crippen LogP contribution >= 0.6 is 0 Å². The van der Waals surface area contributed by atoms with E-state index in [1.165, 1.54) is 12.8 Å². The molecule has 0 bridgehead atoms. The molecule has 2 saturated carbocycles. The molecule has 1 aromatic rings. The first kappa shape index (κ1) is 8.83. The van der Waals surface area contributed by atoms with Crippen LogP contribution in [0.5, 0.6) is 0 Å². The number of aromatic nitrogens is 2. The Morgan fingerprint density at radius 2 is 2.27 bits per heavy atom. The Morgan fingerprint density at radius 3 is 2.93 bits per heavy atom. The first-order valence-corrected chi connectivity index (χ1v) is 5.41. The van der Waals surface area contributed by atoms with Crippen LogP contribution in [0, 0.1) is 17.8 Å². The molecule has 1 aromatic heterocycles. The average molecular weight is 203 g/mol. The van der Waals surface area contributed by atoms with Crippen LogP contribution in [0.2, 0.25) is 0 Å². The zero-order valence-corrected chi connectivity index (χ0v) is 8.39. The van der Waals surface area contributed by atoms with E-state index in [1.54, 1.807) is 18.6 Å². The first-order valence-electron chi connectivity index (χ1n) is 5.41. The van der Waals surface area contributed by atoms with Crippen molar-refractivity contribution in [1.29, 1.82) is 0 Å². The van der Waals surface area contributed by atoms with Gasteiger partial charge in [-0.2, -0.15) is 0 Å². The summed E-state index contributed by atoms with van der Waals surface area (Å²) in [7, 11) is 0. The third-order valence-electron chi connectivity index (χ3n) is 3.22. The van der Waals surface area contributed by atoms with Crippen LogP contribution in [-0.2, 0) is 4.79 Å². The topological polar surface area (TPSA) is 54.9 Å². The minimum absolute atomic E-state index is 0.118. The first-order chi connectivity index (χ1) is 7.34. The Kier molecular flexibility index (Phi) is 1.94. The highest BCUT2D eigenvalue weighted by Crippen LogP contribution is 2.54. The van der Waals surface area contributed by atoms with Gasteiger partial charge >= 0.3 is 0 Å². The molecule has 0 radical (unpaired) electrons. The van der Waals surface area contributed by atoms with Gasteiger partial charge in [-0.25, -0.2) is 4.98 Å². The Balaban J connectivity index is 1.58. The molecule has 2 aliphatic carbocycles. The molecule has 2 aliphatic rings. The highest BCUT2D eigenvalue weighted by Gasteiger charge is 2.51. The predicted octanol–water partition coefficient (Wildman–Crippen LogP) is 1.46. The number of carbonyl (C=O) groups excluding carboxylic acids is 1. The molecular formula is C11H13N3O. The lowest BCUT2D eigenvalue weighted by molar-refractivity contribution is -0.117. The molecule has 15 heavy (non-hydrogen) atoms. The van der Waals surface area contributed by atoms with Crippen LogP contribution < -0.4 is 5.32 Å². The van der Waals surface area contributed by atoms with E-state index < -0.39 is 0 Å². The molecule has 1 amide bonds. The van der Waals surface area contributed by atoms with Crippen molar-refractivity contribution in [1.82, 2.24) is 9.97 Å². The number of hydrogen-bond donors (Lipinski definition) is 1. The fourth-order valence-corrected chi connectivity index (χ4v) is 2.14. The number of hydrogen-bond acceptors (Lipinski definition) is 3. The van der Waals surface area contributed by atoms with Crippen molar-refractivity contribution in [2.75, 3.05) is 5.32 Å². The lowest BCUT2D eigenvalue weighted by Crippen LogP contribution is -2.16. The Labute approximate surface area is 88.1 Å². The normalized spacial score (nSPS) is 28.5. The highest BCUT2D eigenvalue weighted by molar-refractivity contribution is 5.93. The van der Waals surface area contributed by atoms with Crippen molar-refractivity contribution >= 4 is 11.7 Å². The molecule has 0 aliphatic heterocycles. The lowest BCUT2D eigenvalue weighted by atomic mass is 10.2. The number of anilines is 1. The monoisotopic (exact) mass is 203 g/mol. The fourth-order valence-electron chi connectivity index (χ4n) is 2.14. The molecule has 1 heterocycles. The Morgan fingerprint density at radius 1 is 1.40 bits per heavy atom. The quantitative estimate of drug-likeness (QED) is 0.809. The van der Waals surface area contributed by atoms with E-state index in [4.69, 9.17) is 0 Å². The van der Waals surface area contributed by atoms with Gasteiger partial charge in [-0.05, 0) is 31.1 Å². The summed E-state index contributed by atoms with van der Waals surface area (Å²) < 4.78 is 0. The molecule has 2 fully saturated rings. The number of nitrogens with zero attached hydrogens (tertiary/aromatic N) is 2. The van der Waals surface area contributed by atoms with E-state index in [-0.39, 0.29) is 11.8 Å². The minimum atomic E-state index is 0.118. The van der Waals surface area contributed by atoms with Crippen LogP contribution in [0.4, 0.5) is 5.82 Å². The summed E-state index contributed by atoms with van der Waals surface area (Å²) in [6.07, 6.45) is 8.46. The number of rotatable bonds is 3. The highest BCUT2D eigenvalue weighted by atomic mass is 16.2. The van der Waals surface area contributed by atoms with Gasteiger partial charge in [0.2, 0.25) is 5.91 Å². The Hall–Kier alpha value is -1.45. The van der Waals surface area contributed by atoms with Crippen molar-refractivity contribution in [3.8, 4) is 0 Å². The fraction of sp³-hybridized carbons (Fsp3) is 0.545. The van der Waals surface area contributed by atoms with Crippen molar-refractivity contribution in [3.63, 3.8) is 0 Å². The summed E-state index contributed by atoms with van der Waals surface area (Å²) in [4.78, 5) is 19.7. The lowest BCUT2D eigenvalue weighted by Gasteiger charge is -2.02. The zero-order chi connectivity index (χ0) is 10.3. The second-order valence-electron chi connectivity index (χ2n) is 4.42. The van der Waals surface area contributed by atoms with Crippen LogP contribution in [0.3, 0.4) is 0 Å². The second-order valence-corrected chi connectivity index (χ2v) is 4.42. The molecular weight excluding hydrogens is 190 g/mol. The average Bonchev–Trinajstić information content (AvgIpc) is 3.11. The SMILES string of the molecule is O=C(Nc1cnccn1)[C@@H]1C[C@@H]1C1CC1. The summed E-state index contributed by atoms with van der Waals surface area (Å²) in [5.74, 6) is 2.40. The van der Waals surface area contributed by atoms with E-state index in [1.807, 2.05) is 0 Å². The third kappa shape index (κ3) is 1.84. The van der Waals surface area contributed by atoms with Crippen molar-refractivity contribution in [2.45, 2.75) is 19.3 Å². The summed E-state index contributed by atoms with van der Waals surface area (Å²) in [5.41, 5.74) is 0. The van der Waals surface area contributed by atoms with Crippen LogP contribution in [-0.4, -0.2) is 15.9 Å². The van der Waals surface area contributed by atoms with Crippen LogP contribution in [0.1, 0.15) is 19.3 Å². The molecule has 0 saturated heterocycles. The van der Waals surface area contributed by atoms with Crippen LogP contribution in [0.15, 0.2) is 18.6 Å². The molecule has 0 unspecified atom stereocenters. The number of carbonyl (C=O) groups is 1. The van der Waals surface area contributed by atoms with E-state index in [2.05, 4.69) is 15.3 Å². The third-order valence-corrected chi connectivity index (χ3v) is 3.22. The van der Waals surface area contributed by atoms with Crippen LogP contribution in [0.25, 0.3) is 0 Å². The molecule has 3 rings (SSSR count). The molecule has 78 valence electrons. The molecule has 1 N–H and O–H groups in total. The summed E-state index contributed by atoms with van der Waals surface area (Å²) in [5, 5.41) is 2.80. The smallest absolute Gasteiger partial charge is 0.228 e. The van der Waals surface area contributed by atoms with Crippen molar-refractivity contribution in [2.24, 2.45) is 17.8 Å². The van der Waals surface area contributed by atoms with Gasteiger partial charge in [0.1, 0.15) is 0 Å². The minimum Gasteiger partial charge on any atom is -0.309 e. The van der Waals surface area contributed by atoms with Gasteiger partial charge in [-0.1, -0.05) is 0 Å². The van der Waals surface area contributed by atoms with Gasteiger partial charge in [0.05, 0.1) is 6.20 Å². The maximum absolute atomic E-state index is 11.7. The van der Waals surface area contributed by atoms with Crippen molar-refractivity contribution in [3.05, 3.63) is 18.6 Å². The van der Waals surface area contributed by atoms with Crippen molar-refractivity contribution < 1.29 is 4.79 Å². The van der Waals surface area contributed by atoms with E-state index >= 15 is 0 Å². The van der Waals surface area contributed by atoms with Gasteiger partial charge in [-0.15, -0.1) is 0 Å². The van der Waals surface area contributed by atoms with Gasteiger partial charge in [0.15, 0.2) is 5.82 Å². The molecule has 2 atom stereocenters. The summed E-state index contributed by atoms with van der Waals surface area (Å²) in [6, 6.07) is 0. The summed E-state index contributed by atoms with van der Waals surface area (Å²) in [6.45, 7) is 0. The maximum atomic E-state index is 11.7. The predicted molar refractivity (Wildman–Crippen MR) is 55.0 cm³/mol. The molecule has 0 aromatic carbocycles. The Bertz CT molecular complexity index is 375. The van der Waals surface area contributed by atoms with E-state index in [9.17, 15) is 4.79 Å². The number of nitrogens with one attached hydrogen (secondary N) is 1. The maximum Gasteiger partial charge on any atom is 0.228 e. The number of amides is 1. The zero-order valence-electron chi connectivity index (χ0n) is 8.39. The van der Waals surface area contributed by atoms with Gasteiger partial charge in [-0.3, -0.25) is 9.78 Å². The standard InChI is InChI=1S/C11H13N3O/c15-11(9-5-8(9)7-1-2-7)14-10-6-12-3-4-13-10/h3-4,6-9H,1-2,5H2,(H,13,14,15)/t8-,9-/m1/s1. The second kappa shape index (κ2) is 3.29. The van der Waals surface area contributed by atoms with Gasteiger partial charge in [0, 0.05) is 18.3 Å². The van der Waals surface area contributed by atoms with Gasteiger partial charge < -0.3 is 5.32 Å². The van der Waals surface area contributed by atoms with Gasteiger partial charge in [0.25, 0.3) is 0 Å². The van der Waals surface area contributed by atoms with E-state index in [0.29, 0.717) is 11.7 Å². The largest absolute Gasteiger partial charge is 0.309 e. The summed E-state index contributed by atoms with van der Waals surface area (Å²) >= 11 is 0. The van der Waals surface area contributed by atoms with E-state index in [0.717, 1.165) is 12.3 Å². The molecule has 0 spiro atoms. The molecule has 4 nitrogen and oxygen atoms in total. The molecule has 4 heteroatoms.